The van der Waals surface area contributed by atoms with Crippen LogP contribution in [0.3, 0.4) is 0 Å². The largest absolute Gasteiger partial charge is 0.493 e. The van der Waals surface area contributed by atoms with E-state index in [1.54, 1.807) is 43.3 Å². The maximum absolute atomic E-state index is 12.7. The number of allylic oxidation sites excluding steroid dienone is 2. The molecule has 0 saturated heterocycles. The number of carbonyl (C=O) groups is 1. The number of hydrogen-bond acceptors (Lipinski definition) is 4. The van der Waals surface area contributed by atoms with Crippen LogP contribution in [0.1, 0.15) is 63.0 Å². The zero-order valence-corrected chi connectivity index (χ0v) is 18.9. The Morgan fingerprint density at radius 3 is 2.17 bits per heavy atom. The highest BCUT2D eigenvalue weighted by molar-refractivity contribution is 6.07. The number of carbonyl (C=O) groups excluding carboxylic acids is 1. The fourth-order valence-electron chi connectivity index (χ4n) is 3.05. The van der Waals surface area contributed by atoms with Crippen LogP contribution in [0.25, 0.3) is 6.08 Å². The first-order valence-electron chi connectivity index (χ1n) is 10.3. The van der Waals surface area contributed by atoms with E-state index in [-0.39, 0.29) is 11.2 Å². The van der Waals surface area contributed by atoms with E-state index in [1.807, 2.05) is 26.0 Å². The zero-order valence-electron chi connectivity index (χ0n) is 18.9. The lowest BCUT2D eigenvalue weighted by molar-refractivity contribution is 0.104. The van der Waals surface area contributed by atoms with Crippen LogP contribution in [-0.2, 0) is 5.41 Å². The molecule has 4 heteroatoms. The van der Waals surface area contributed by atoms with E-state index in [1.165, 1.54) is 0 Å². The summed E-state index contributed by atoms with van der Waals surface area (Å²) in [6, 6.07) is 11.0. The average molecular weight is 409 g/mol. The van der Waals surface area contributed by atoms with Crippen molar-refractivity contribution in [2.75, 3.05) is 13.2 Å². The van der Waals surface area contributed by atoms with Crippen molar-refractivity contribution in [3.05, 3.63) is 71.5 Å². The summed E-state index contributed by atoms with van der Waals surface area (Å²) in [7, 11) is 0. The molecule has 0 N–H and O–H groups in total. The summed E-state index contributed by atoms with van der Waals surface area (Å²) in [5, 5.41) is 0. The Kier molecular flexibility index (Phi) is 7.87. The van der Waals surface area contributed by atoms with Gasteiger partial charge in [-0.1, -0.05) is 33.4 Å². The molecular weight excluding hydrogens is 376 g/mol. The third-order valence-electron chi connectivity index (χ3n) is 4.38. The minimum absolute atomic E-state index is 0.108. The van der Waals surface area contributed by atoms with E-state index < -0.39 is 0 Å². The quantitative estimate of drug-likeness (QED) is 0.267. The molecule has 0 bridgehead atoms. The van der Waals surface area contributed by atoms with Gasteiger partial charge < -0.3 is 14.2 Å². The monoisotopic (exact) mass is 408 g/mol. The summed E-state index contributed by atoms with van der Waals surface area (Å²) < 4.78 is 17.3. The van der Waals surface area contributed by atoms with Gasteiger partial charge in [0.1, 0.15) is 17.2 Å². The molecular formula is C26H32O4. The predicted octanol–water partition coefficient (Wildman–Crippen LogP) is 6.59. The highest BCUT2D eigenvalue weighted by atomic mass is 16.5. The van der Waals surface area contributed by atoms with Gasteiger partial charge in [-0.15, -0.1) is 0 Å². The Labute approximate surface area is 180 Å². The maximum atomic E-state index is 12.7. The molecule has 0 aliphatic rings. The molecule has 0 atom stereocenters. The summed E-state index contributed by atoms with van der Waals surface area (Å²) in [5.41, 5.74) is 2.31. The summed E-state index contributed by atoms with van der Waals surface area (Å²) in [5.74, 6) is 2.59. The van der Waals surface area contributed by atoms with E-state index >= 15 is 0 Å². The van der Waals surface area contributed by atoms with Gasteiger partial charge in [0, 0.05) is 11.1 Å². The van der Waals surface area contributed by atoms with Crippen LogP contribution in [0, 0.1) is 0 Å². The molecule has 4 nitrogen and oxygen atoms in total. The molecule has 30 heavy (non-hydrogen) atoms. The van der Waals surface area contributed by atoms with Gasteiger partial charge >= 0.3 is 0 Å². The van der Waals surface area contributed by atoms with Crippen LogP contribution in [0.15, 0.2) is 54.8 Å². The summed E-state index contributed by atoms with van der Waals surface area (Å²) in [4.78, 5) is 12.7. The first kappa shape index (κ1) is 23.3. The van der Waals surface area contributed by atoms with Crippen molar-refractivity contribution in [2.45, 2.75) is 47.0 Å². The fraction of sp³-hybridized carbons (Fsp3) is 0.346. The van der Waals surface area contributed by atoms with Gasteiger partial charge in [-0.2, -0.15) is 0 Å². The van der Waals surface area contributed by atoms with Gasteiger partial charge in [0.05, 0.1) is 24.5 Å². The molecule has 2 rings (SSSR count). The lowest BCUT2D eigenvalue weighted by Gasteiger charge is -2.25. The standard InChI is InChI=1S/C26H32O4/c1-8-28-24-17-15-22(26(5,6)7)25(29-9-2)21(24)14-16-23(27)19-10-12-20(13-11-19)30-18(3)4/h10-17H,3,8-9H2,1-2,4-7H3/b16-14+. The smallest absolute Gasteiger partial charge is 0.185 e. The van der Waals surface area contributed by atoms with E-state index in [0.717, 1.165) is 16.9 Å². The Hall–Kier alpha value is -3.01. The van der Waals surface area contributed by atoms with Crippen molar-refractivity contribution in [2.24, 2.45) is 0 Å². The molecule has 0 aliphatic carbocycles. The van der Waals surface area contributed by atoms with Crippen molar-refractivity contribution in [1.29, 1.82) is 0 Å². The molecule has 2 aromatic carbocycles. The molecule has 0 unspecified atom stereocenters. The lowest BCUT2D eigenvalue weighted by atomic mass is 9.84. The number of rotatable bonds is 9. The van der Waals surface area contributed by atoms with Crippen LogP contribution in [0.2, 0.25) is 0 Å². The SMILES string of the molecule is C=C(C)Oc1ccc(C(=O)/C=C/c2c(OCC)ccc(C(C)(C)C)c2OCC)cc1. The molecule has 0 saturated carbocycles. The van der Waals surface area contributed by atoms with Crippen LogP contribution >= 0.6 is 0 Å². The van der Waals surface area contributed by atoms with Crippen molar-refractivity contribution in [3.63, 3.8) is 0 Å². The highest BCUT2D eigenvalue weighted by Gasteiger charge is 2.23. The summed E-state index contributed by atoms with van der Waals surface area (Å²) in [6.45, 7) is 16.8. The van der Waals surface area contributed by atoms with Gasteiger partial charge in [-0.05, 0) is 68.7 Å². The molecule has 0 fully saturated rings. The molecule has 0 heterocycles. The summed E-state index contributed by atoms with van der Waals surface area (Å²) in [6.07, 6.45) is 3.34. The first-order valence-corrected chi connectivity index (χ1v) is 10.3. The fourth-order valence-corrected chi connectivity index (χ4v) is 3.05. The molecule has 160 valence electrons. The minimum atomic E-state index is -0.110. The second-order valence-corrected chi connectivity index (χ2v) is 8.00. The van der Waals surface area contributed by atoms with Crippen molar-refractivity contribution < 1.29 is 19.0 Å². The van der Waals surface area contributed by atoms with Crippen LogP contribution < -0.4 is 14.2 Å². The molecule has 0 radical (unpaired) electrons. The number of benzene rings is 2. The van der Waals surface area contributed by atoms with Crippen molar-refractivity contribution in [3.8, 4) is 17.2 Å². The van der Waals surface area contributed by atoms with Gasteiger partial charge in [0.2, 0.25) is 0 Å². The lowest BCUT2D eigenvalue weighted by Crippen LogP contribution is -2.15. The van der Waals surface area contributed by atoms with Crippen LogP contribution in [0.5, 0.6) is 17.2 Å². The molecule has 0 aliphatic heterocycles. The molecule has 0 amide bonds. The van der Waals surface area contributed by atoms with E-state index in [2.05, 4.69) is 27.4 Å². The van der Waals surface area contributed by atoms with E-state index in [0.29, 0.717) is 36.0 Å². The third-order valence-corrected chi connectivity index (χ3v) is 4.38. The first-order chi connectivity index (χ1) is 14.2. The van der Waals surface area contributed by atoms with Gasteiger partial charge in [0.25, 0.3) is 0 Å². The normalized spacial score (nSPS) is 11.4. The van der Waals surface area contributed by atoms with Gasteiger partial charge in [0.15, 0.2) is 5.78 Å². The Morgan fingerprint density at radius 2 is 1.63 bits per heavy atom. The molecule has 2 aromatic rings. The minimum Gasteiger partial charge on any atom is -0.493 e. The van der Waals surface area contributed by atoms with Gasteiger partial charge in [-0.3, -0.25) is 4.79 Å². The van der Waals surface area contributed by atoms with Crippen LogP contribution in [-0.4, -0.2) is 19.0 Å². The van der Waals surface area contributed by atoms with Gasteiger partial charge in [-0.25, -0.2) is 0 Å². The summed E-state index contributed by atoms with van der Waals surface area (Å²) >= 11 is 0. The molecule has 0 aromatic heterocycles. The molecule has 0 spiro atoms. The second kappa shape index (κ2) is 10.1. The number of ether oxygens (including phenoxy) is 3. The Morgan fingerprint density at radius 1 is 1.00 bits per heavy atom. The topological polar surface area (TPSA) is 44.8 Å². The van der Waals surface area contributed by atoms with E-state index in [4.69, 9.17) is 14.2 Å². The Balaban J connectivity index is 2.42. The highest BCUT2D eigenvalue weighted by Crippen LogP contribution is 2.40. The number of ketones is 1. The second-order valence-electron chi connectivity index (χ2n) is 8.00. The predicted molar refractivity (Wildman–Crippen MR) is 123 cm³/mol. The Bertz CT molecular complexity index is 915. The van der Waals surface area contributed by atoms with Crippen molar-refractivity contribution in [1.82, 2.24) is 0 Å². The zero-order chi connectivity index (χ0) is 22.3. The number of hydrogen-bond donors (Lipinski definition) is 0. The average Bonchev–Trinajstić information content (AvgIpc) is 2.67. The maximum Gasteiger partial charge on any atom is 0.185 e. The van der Waals surface area contributed by atoms with E-state index in [9.17, 15) is 4.79 Å². The van der Waals surface area contributed by atoms with Crippen LogP contribution in [0.4, 0.5) is 0 Å². The third kappa shape index (κ3) is 5.99. The van der Waals surface area contributed by atoms with Crippen molar-refractivity contribution >= 4 is 11.9 Å².